The van der Waals surface area contributed by atoms with Gasteiger partial charge in [-0.25, -0.2) is 9.78 Å². The summed E-state index contributed by atoms with van der Waals surface area (Å²) in [4.78, 5) is 17.1. The Morgan fingerprint density at radius 2 is 2.06 bits per heavy atom. The summed E-state index contributed by atoms with van der Waals surface area (Å²) in [5.41, 5.74) is 0.871. The lowest BCUT2D eigenvalue weighted by Crippen LogP contribution is -2.15. The van der Waals surface area contributed by atoms with Gasteiger partial charge in [-0.1, -0.05) is 17.7 Å². The van der Waals surface area contributed by atoms with Gasteiger partial charge in [0.05, 0.1) is 5.52 Å². The Bertz CT molecular complexity index is 596. The molecule has 0 atom stereocenters. The molecule has 1 aromatic carbocycles. The van der Waals surface area contributed by atoms with E-state index in [1.54, 1.807) is 43.3 Å². The Morgan fingerprint density at radius 1 is 1.35 bits per heavy atom. The van der Waals surface area contributed by atoms with Crippen LogP contribution in [0.4, 0.5) is 5.82 Å². The van der Waals surface area contributed by atoms with Crippen LogP contribution in [0.3, 0.4) is 0 Å². The molecule has 4 nitrogen and oxygen atoms in total. The van der Waals surface area contributed by atoms with E-state index >= 15 is 0 Å². The summed E-state index contributed by atoms with van der Waals surface area (Å²) in [5, 5.41) is 10.5. The Morgan fingerprint density at radius 3 is 2.65 bits per heavy atom. The predicted molar refractivity (Wildman–Crippen MR) is 68.0 cm³/mol. The van der Waals surface area contributed by atoms with Crippen LogP contribution in [-0.2, 0) is 0 Å². The van der Waals surface area contributed by atoms with Gasteiger partial charge in [0.2, 0.25) is 0 Å². The molecule has 1 aromatic heterocycles. The molecule has 17 heavy (non-hydrogen) atoms. The number of pyridine rings is 1. The highest BCUT2D eigenvalue weighted by Crippen LogP contribution is 2.24. The van der Waals surface area contributed by atoms with Gasteiger partial charge in [-0.3, -0.25) is 0 Å². The van der Waals surface area contributed by atoms with E-state index in [9.17, 15) is 4.79 Å². The van der Waals surface area contributed by atoms with Gasteiger partial charge in [-0.2, -0.15) is 0 Å². The molecule has 0 aliphatic heterocycles. The zero-order valence-electron chi connectivity index (χ0n) is 9.44. The number of rotatable bonds is 2. The van der Waals surface area contributed by atoms with Crippen molar-refractivity contribution in [1.82, 2.24) is 4.98 Å². The van der Waals surface area contributed by atoms with Crippen LogP contribution in [-0.4, -0.2) is 30.2 Å². The van der Waals surface area contributed by atoms with Gasteiger partial charge in [0.1, 0.15) is 11.4 Å². The highest BCUT2D eigenvalue weighted by Gasteiger charge is 2.14. The Hall–Kier alpha value is -1.81. The summed E-state index contributed by atoms with van der Waals surface area (Å²) in [6.45, 7) is 0. The quantitative estimate of drug-likeness (QED) is 0.890. The minimum Gasteiger partial charge on any atom is -0.478 e. The van der Waals surface area contributed by atoms with Gasteiger partial charge < -0.3 is 10.0 Å². The molecular formula is C12H11ClN2O2. The van der Waals surface area contributed by atoms with Crippen molar-refractivity contribution in [1.29, 1.82) is 0 Å². The monoisotopic (exact) mass is 250 g/mol. The number of benzene rings is 1. The number of nitrogens with zero attached hydrogens (tertiary/aromatic N) is 2. The molecule has 0 saturated heterocycles. The first-order valence-corrected chi connectivity index (χ1v) is 5.38. The minimum absolute atomic E-state index is 0.185. The number of halogens is 1. The summed E-state index contributed by atoms with van der Waals surface area (Å²) in [5.74, 6) is -0.565. The number of aromatic nitrogens is 1. The molecule has 0 saturated carbocycles. The first kappa shape index (κ1) is 11.7. The number of carboxylic acid groups (broad SMARTS) is 1. The van der Waals surface area contributed by atoms with Crippen LogP contribution in [0.1, 0.15) is 10.4 Å². The normalized spacial score (nSPS) is 10.5. The predicted octanol–water partition coefficient (Wildman–Crippen LogP) is 2.65. The highest BCUT2D eigenvalue weighted by molar-refractivity contribution is 6.31. The number of fused-ring (bicyclic) bond motifs is 1. The summed E-state index contributed by atoms with van der Waals surface area (Å²) >= 11 is 5.88. The number of anilines is 1. The highest BCUT2D eigenvalue weighted by atomic mass is 35.5. The van der Waals surface area contributed by atoms with Crippen LogP contribution >= 0.6 is 11.6 Å². The van der Waals surface area contributed by atoms with E-state index in [2.05, 4.69) is 4.98 Å². The fourth-order valence-corrected chi connectivity index (χ4v) is 1.79. The van der Waals surface area contributed by atoms with Crippen molar-refractivity contribution in [2.24, 2.45) is 0 Å². The fraction of sp³-hybridized carbons (Fsp3) is 0.167. The van der Waals surface area contributed by atoms with Gasteiger partial charge in [0.15, 0.2) is 0 Å². The van der Waals surface area contributed by atoms with Crippen molar-refractivity contribution in [2.45, 2.75) is 0 Å². The lowest BCUT2D eigenvalue weighted by molar-refractivity contribution is 0.0697. The third-order valence-electron chi connectivity index (χ3n) is 2.41. The molecule has 0 amide bonds. The molecule has 0 unspecified atom stereocenters. The zero-order valence-corrected chi connectivity index (χ0v) is 10.2. The summed E-state index contributed by atoms with van der Waals surface area (Å²) in [6.07, 6.45) is 0. The van der Waals surface area contributed by atoms with Crippen LogP contribution in [0, 0.1) is 0 Å². The first-order chi connectivity index (χ1) is 7.99. The Kier molecular flexibility index (Phi) is 2.90. The topological polar surface area (TPSA) is 53.4 Å². The minimum atomic E-state index is -0.988. The van der Waals surface area contributed by atoms with Crippen LogP contribution < -0.4 is 4.90 Å². The van der Waals surface area contributed by atoms with E-state index in [-0.39, 0.29) is 5.56 Å². The van der Waals surface area contributed by atoms with E-state index < -0.39 is 5.97 Å². The molecule has 5 heteroatoms. The lowest BCUT2D eigenvalue weighted by Gasteiger charge is -2.15. The van der Waals surface area contributed by atoms with E-state index in [1.807, 2.05) is 0 Å². The van der Waals surface area contributed by atoms with E-state index in [0.29, 0.717) is 16.4 Å². The van der Waals surface area contributed by atoms with Crippen molar-refractivity contribution < 1.29 is 9.90 Å². The molecule has 0 spiro atoms. The largest absolute Gasteiger partial charge is 0.478 e. The lowest BCUT2D eigenvalue weighted by atomic mass is 10.1. The van der Waals surface area contributed by atoms with Gasteiger partial charge in [-0.15, -0.1) is 0 Å². The molecule has 0 aliphatic rings. The number of carbonyl (C=O) groups is 1. The van der Waals surface area contributed by atoms with Crippen LogP contribution in [0.5, 0.6) is 0 Å². The van der Waals surface area contributed by atoms with Gasteiger partial charge in [-0.05, 0) is 18.2 Å². The first-order valence-electron chi connectivity index (χ1n) is 5.00. The molecule has 1 heterocycles. The average molecular weight is 251 g/mol. The maximum atomic E-state index is 11.1. The van der Waals surface area contributed by atoms with Crippen molar-refractivity contribution in [3.63, 3.8) is 0 Å². The maximum absolute atomic E-state index is 11.1. The van der Waals surface area contributed by atoms with E-state index in [0.717, 1.165) is 5.39 Å². The second-order valence-corrected chi connectivity index (χ2v) is 4.33. The Balaban J connectivity index is 2.77. The SMILES string of the molecule is CN(C)c1nc2cc(Cl)ccc2cc1C(=O)O. The number of aromatic carboxylic acids is 1. The zero-order chi connectivity index (χ0) is 12.6. The maximum Gasteiger partial charge on any atom is 0.339 e. The molecule has 2 rings (SSSR count). The molecule has 0 bridgehead atoms. The van der Waals surface area contributed by atoms with Crippen molar-refractivity contribution in [3.05, 3.63) is 34.9 Å². The smallest absolute Gasteiger partial charge is 0.339 e. The third kappa shape index (κ3) is 2.17. The van der Waals surface area contributed by atoms with Crippen LogP contribution in [0.2, 0.25) is 5.02 Å². The molecule has 88 valence electrons. The number of hydrogen-bond acceptors (Lipinski definition) is 3. The van der Waals surface area contributed by atoms with E-state index in [4.69, 9.17) is 16.7 Å². The van der Waals surface area contributed by atoms with E-state index in [1.165, 1.54) is 0 Å². The number of carboxylic acids is 1. The van der Waals surface area contributed by atoms with Crippen LogP contribution in [0.25, 0.3) is 10.9 Å². The van der Waals surface area contributed by atoms with Gasteiger partial charge in [0.25, 0.3) is 0 Å². The Labute approximate surface area is 103 Å². The van der Waals surface area contributed by atoms with Gasteiger partial charge in [0, 0.05) is 24.5 Å². The summed E-state index contributed by atoms with van der Waals surface area (Å²) in [6, 6.07) is 6.80. The molecule has 2 aromatic rings. The molecule has 0 fully saturated rings. The average Bonchev–Trinajstić information content (AvgIpc) is 2.26. The second-order valence-electron chi connectivity index (χ2n) is 3.90. The van der Waals surface area contributed by atoms with Gasteiger partial charge >= 0.3 is 5.97 Å². The van der Waals surface area contributed by atoms with Crippen molar-refractivity contribution in [2.75, 3.05) is 19.0 Å². The van der Waals surface area contributed by atoms with Crippen molar-refractivity contribution in [3.8, 4) is 0 Å². The number of hydrogen-bond donors (Lipinski definition) is 1. The molecule has 0 radical (unpaired) electrons. The summed E-state index contributed by atoms with van der Waals surface area (Å²) in [7, 11) is 3.51. The third-order valence-corrected chi connectivity index (χ3v) is 2.65. The van der Waals surface area contributed by atoms with Crippen molar-refractivity contribution >= 4 is 34.3 Å². The molecular weight excluding hydrogens is 240 g/mol. The van der Waals surface area contributed by atoms with Crippen LogP contribution in [0.15, 0.2) is 24.3 Å². The second kappa shape index (κ2) is 4.22. The summed E-state index contributed by atoms with van der Waals surface area (Å²) < 4.78 is 0. The fourth-order valence-electron chi connectivity index (χ4n) is 1.63. The standard InChI is InChI=1S/C12H11ClN2O2/c1-15(2)11-9(12(16)17)5-7-3-4-8(13)6-10(7)14-11/h3-6H,1-2H3,(H,16,17). The molecule has 1 N–H and O–H groups in total. The molecule has 0 aliphatic carbocycles.